The predicted molar refractivity (Wildman–Crippen MR) is 98.1 cm³/mol. The van der Waals surface area contributed by atoms with Gasteiger partial charge in [0.15, 0.2) is 0 Å². The Morgan fingerprint density at radius 1 is 1.23 bits per heavy atom. The minimum atomic E-state index is 0.261. The lowest BCUT2D eigenvalue weighted by atomic mass is 10.2. The van der Waals surface area contributed by atoms with Crippen molar-refractivity contribution in [2.75, 3.05) is 18.5 Å². The van der Waals surface area contributed by atoms with Gasteiger partial charge in [0.2, 0.25) is 5.95 Å². The van der Waals surface area contributed by atoms with E-state index in [1.165, 1.54) is 0 Å². The molecule has 1 unspecified atom stereocenters. The fourth-order valence-electron chi connectivity index (χ4n) is 3.10. The zero-order valence-corrected chi connectivity index (χ0v) is 14.9. The van der Waals surface area contributed by atoms with Crippen LogP contribution >= 0.6 is 0 Å². The zero-order chi connectivity index (χ0) is 17.8. The molecule has 0 aromatic carbocycles. The van der Waals surface area contributed by atoms with E-state index < -0.39 is 0 Å². The molecule has 136 valence electrons. The van der Waals surface area contributed by atoms with Gasteiger partial charge in [-0.3, -0.25) is 9.25 Å². The summed E-state index contributed by atoms with van der Waals surface area (Å²) in [6.45, 7) is 4.63. The van der Waals surface area contributed by atoms with Crippen molar-refractivity contribution in [2.24, 2.45) is 0 Å². The van der Waals surface area contributed by atoms with Crippen molar-refractivity contribution in [3.05, 3.63) is 37.2 Å². The van der Waals surface area contributed by atoms with Crippen molar-refractivity contribution in [1.82, 2.24) is 29.3 Å². The standard InChI is InChI=1S/C18H23N7O/c1-2-6-24-13-15(11-23-24)25-7-5-19-17(25)14-9-20-18(21-10-14)22-12-16-4-3-8-26-16/h5,7,9-11,13,16H,2-4,6,8,12H2,1H3,(H,20,21,22). The van der Waals surface area contributed by atoms with Crippen molar-refractivity contribution < 1.29 is 4.74 Å². The maximum Gasteiger partial charge on any atom is 0.222 e. The molecular weight excluding hydrogens is 330 g/mol. The maximum atomic E-state index is 5.60. The normalized spacial score (nSPS) is 16.9. The Bertz CT molecular complexity index is 833. The van der Waals surface area contributed by atoms with Crippen LogP contribution in [-0.4, -0.2) is 48.6 Å². The van der Waals surface area contributed by atoms with Gasteiger partial charge >= 0.3 is 0 Å². The topological polar surface area (TPSA) is 82.7 Å². The van der Waals surface area contributed by atoms with Crippen LogP contribution in [0.25, 0.3) is 17.1 Å². The molecule has 26 heavy (non-hydrogen) atoms. The molecule has 1 N–H and O–H groups in total. The monoisotopic (exact) mass is 353 g/mol. The third-order valence-corrected chi connectivity index (χ3v) is 4.41. The molecule has 0 spiro atoms. The highest BCUT2D eigenvalue weighted by Gasteiger charge is 2.15. The molecule has 0 radical (unpaired) electrons. The number of anilines is 1. The molecule has 4 heterocycles. The van der Waals surface area contributed by atoms with Crippen LogP contribution in [0.2, 0.25) is 0 Å². The van der Waals surface area contributed by atoms with Crippen LogP contribution in [0.4, 0.5) is 5.95 Å². The molecule has 0 amide bonds. The van der Waals surface area contributed by atoms with Gasteiger partial charge in [0.25, 0.3) is 0 Å². The lowest BCUT2D eigenvalue weighted by Gasteiger charge is -2.10. The smallest absolute Gasteiger partial charge is 0.222 e. The summed E-state index contributed by atoms with van der Waals surface area (Å²) in [5.74, 6) is 1.41. The van der Waals surface area contributed by atoms with Crippen molar-refractivity contribution in [1.29, 1.82) is 0 Å². The van der Waals surface area contributed by atoms with Crippen LogP contribution in [0.3, 0.4) is 0 Å². The quantitative estimate of drug-likeness (QED) is 0.703. The molecule has 1 fully saturated rings. The Morgan fingerprint density at radius 3 is 2.88 bits per heavy atom. The van der Waals surface area contributed by atoms with E-state index in [4.69, 9.17) is 4.74 Å². The first-order chi connectivity index (χ1) is 12.8. The zero-order valence-electron chi connectivity index (χ0n) is 14.9. The minimum Gasteiger partial charge on any atom is -0.376 e. The first kappa shape index (κ1) is 16.7. The van der Waals surface area contributed by atoms with E-state index in [1.54, 1.807) is 18.6 Å². The summed E-state index contributed by atoms with van der Waals surface area (Å²) in [6, 6.07) is 0. The number of hydrogen-bond donors (Lipinski definition) is 1. The molecule has 8 nitrogen and oxygen atoms in total. The van der Waals surface area contributed by atoms with Crippen molar-refractivity contribution in [3.8, 4) is 17.1 Å². The molecule has 1 aliphatic heterocycles. The van der Waals surface area contributed by atoms with E-state index >= 15 is 0 Å². The van der Waals surface area contributed by atoms with Gasteiger partial charge in [-0.1, -0.05) is 6.92 Å². The van der Waals surface area contributed by atoms with Gasteiger partial charge in [-0.05, 0) is 19.3 Å². The summed E-state index contributed by atoms with van der Waals surface area (Å²) in [5, 5.41) is 7.62. The van der Waals surface area contributed by atoms with Crippen LogP contribution in [0.1, 0.15) is 26.2 Å². The van der Waals surface area contributed by atoms with E-state index in [0.717, 1.165) is 56.0 Å². The second-order valence-corrected chi connectivity index (χ2v) is 6.39. The first-order valence-corrected chi connectivity index (χ1v) is 9.07. The minimum absolute atomic E-state index is 0.261. The van der Waals surface area contributed by atoms with Crippen molar-refractivity contribution >= 4 is 5.95 Å². The number of rotatable bonds is 7. The van der Waals surface area contributed by atoms with Crippen LogP contribution in [0.5, 0.6) is 0 Å². The summed E-state index contributed by atoms with van der Waals surface area (Å²) >= 11 is 0. The van der Waals surface area contributed by atoms with Crippen LogP contribution in [0.15, 0.2) is 37.2 Å². The molecule has 3 aromatic rings. The van der Waals surface area contributed by atoms with Gasteiger partial charge in [-0.15, -0.1) is 0 Å². The van der Waals surface area contributed by atoms with E-state index in [2.05, 4.69) is 32.3 Å². The lowest BCUT2D eigenvalue weighted by Crippen LogP contribution is -2.19. The summed E-state index contributed by atoms with van der Waals surface area (Å²) in [5.41, 5.74) is 1.84. The molecule has 1 saturated heterocycles. The van der Waals surface area contributed by atoms with Crippen LogP contribution in [0, 0.1) is 0 Å². The molecule has 0 aliphatic carbocycles. The number of ether oxygens (including phenoxy) is 1. The SMILES string of the molecule is CCCn1cc(-n2ccnc2-c2cnc(NCC3CCCO3)nc2)cn1. The Kier molecular flexibility index (Phi) is 4.92. The van der Waals surface area contributed by atoms with Gasteiger partial charge in [0.1, 0.15) is 5.82 Å². The maximum absolute atomic E-state index is 5.60. The third kappa shape index (κ3) is 3.60. The van der Waals surface area contributed by atoms with Crippen molar-refractivity contribution in [3.63, 3.8) is 0 Å². The first-order valence-electron chi connectivity index (χ1n) is 9.07. The predicted octanol–water partition coefficient (Wildman–Crippen LogP) is 2.53. The summed E-state index contributed by atoms with van der Waals surface area (Å²) in [4.78, 5) is 13.3. The molecule has 1 aliphatic rings. The molecule has 0 saturated carbocycles. The third-order valence-electron chi connectivity index (χ3n) is 4.41. The highest BCUT2D eigenvalue weighted by atomic mass is 16.5. The lowest BCUT2D eigenvalue weighted by molar-refractivity contribution is 0.120. The van der Waals surface area contributed by atoms with Gasteiger partial charge in [-0.2, -0.15) is 5.10 Å². The molecule has 4 rings (SSSR count). The van der Waals surface area contributed by atoms with E-state index in [0.29, 0.717) is 5.95 Å². The number of hydrogen-bond acceptors (Lipinski definition) is 6. The Hall–Kier alpha value is -2.74. The number of nitrogens with zero attached hydrogens (tertiary/aromatic N) is 6. The van der Waals surface area contributed by atoms with Crippen LogP contribution < -0.4 is 5.32 Å². The molecule has 0 bridgehead atoms. The average Bonchev–Trinajstić information content (AvgIpc) is 3.41. The summed E-state index contributed by atoms with van der Waals surface area (Å²) in [6.07, 6.45) is 14.7. The highest BCUT2D eigenvalue weighted by Crippen LogP contribution is 2.20. The van der Waals surface area contributed by atoms with Gasteiger partial charge in [0, 0.05) is 50.7 Å². The largest absolute Gasteiger partial charge is 0.376 e. The number of nitrogens with one attached hydrogen (secondary N) is 1. The molecular formula is C18H23N7O. The van der Waals surface area contributed by atoms with E-state index in [9.17, 15) is 0 Å². The highest BCUT2D eigenvalue weighted by molar-refractivity contribution is 5.56. The average molecular weight is 353 g/mol. The number of aryl methyl sites for hydroxylation is 1. The van der Waals surface area contributed by atoms with Crippen LogP contribution in [-0.2, 0) is 11.3 Å². The Morgan fingerprint density at radius 2 is 2.12 bits per heavy atom. The van der Waals surface area contributed by atoms with E-state index in [-0.39, 0.29) is 6.10 Å². The van der Waals surface area contributed by atoms with Gasteiger partial charge in [-0.25, -0.2) is 15.0 Å². The second kappa shape index (κ2) is 7.65. The van der Waals surface area contributed by atoms with Crippen molar-refractivity contribution in [2.45, 2.75) is 38.8 Å². The Labute approximate surface area is 152 Å². The molecule has 8 heteroatoms. The number of aromatic nitrogens is 6. The summed E-state index contributed by atoms with van der Waals surface area (Å²) in [7, 11) is 0. The van der Waals surface area contributed by atoms with Gasteiger partial charge < -0.3 is 10.1 Å². The fraction of sp³-hybridized carbons (Fsp3) is 0.444. The van der Waals surface area contributed by atoms with E-state index in [1.807, 2.05) is 27.8 Å². The molecule has 1 atom stereocenters. The van der Waals surface area contributed by atoms with Gasteiger partial charge in [0.05, 0.1) is 23.6 Å². The number of imidazole rings is 1. The Balaban J connectivity index is 1.48. The summed E-state index contributed by atoms with van der Waals surface area (Å²) < 4.78 is 9.54. The second-order valence-electron chi connectivity index (χ2n) is 6.39. The fourth-order valence-corrected chi connectivity index (χ4v) is 3.10. The molecule has 3 aromatic heterocycles.